The van der Waals surface area contributed by atoms with Crippen LogP contribution < -0.4 is 0 Å². The van der Waals surface area contributed by atoms with Crippen LogP contribution in [0.2, 0.25) is 0 Å². The van der Waals surface area contributed by atoms with Crippen LogP contribution in [0.3, 0.4) is 0 Å². The molecule has 2 heterocycles. The summed E-state index contributed by atoms with van der Waals surface area (Å²) in [5, 5.41) is 0.535. The van der Waals surface area contributed by atoms with Crippen molar-refractivity contribution in [1.29, 1.82) is 0 Å². The van der Waals surface area contributed by atoms with Crippen LogP contribution in [0.5, 0.6) is 0 Å². The zero-order chi connectivity index (χ0) is 12.5. The average molecular weight is 257 g/mol. The van der Waals surface area contributed by atoms with Crippen molar-refractivity contribution in [2.45, 2.75) is 30.0 Å². The summed E-state index contributed by atoms with van der Waals surface area (Å²) in [5.41, 5.74) is 2.25. The van der Waals surface area contributed by atoms with Gasteiger partial charge in [0, 0.05) is 29.8 Å². The molecule has 0 saturated heterocycles. The summed E-state index contributed by atoms with van der Waals surface area (Å²) in [6.07, 6.45) is 3.09. The van der Waals surface area contributed by atoms with Crippen molar-refractivity contribution < 1.29 is 4.79 Å². The lowest BCUT2D eigenvalue weighted by molar-refractivity contribution is 0.100. The summed E-state index contributed by atoms with van der Waals surface area (Å²) in [7, 11) is 0. The number of fused-ring (bicyclic) bond motifs is 1. The molecule has 1 aromatic heterocycles. The standard InChI is InChI=1S/C15H15NOS/c1-11(17)14-6-4-8-16(14)10-13-9-12-5-2-3-7-15(12)18-13/h2-8,13H,9-10H2,1H3. The summed E-state index contributed by atoms with van der Waals surface area (Å²) in [6, 6.07) is 12.4. The SMILES string of the molecule is CC(=O)c1cccn1CC1Cc2ccccc2S1. The Bertz CT molecular complexity index is 563. The number of hydrogen-bond acceptors (Lipinski definition) is 2. The van der Waals surface area contributed by atoms with E-state index in [9.17, 15) is 4.79 Å². The van der Waals surface area contributed by atoms with E-state index in [0.717, 1.165) is 18.7 Å². The fourth-order valence-corrected chi connectivity index (χ4v) is 3.79. The first kappa shape index (κ1) is 11.6. The quantitative estimate of drug-likeness (QED) is 0.786. The van der Waals surface area contributed by atoms with Crippen LogP contribution in [-0.2, 0) is 13.0 Å². The van der Waals surface area contributed by atoms with Crippen molar-refractivity contribution in [1.82, 2.24) is 4.57 Å². The second-order valence-corrected chi connectivity index (χ2v) is 6.00. The topological polar surface area (TPSA) is 22.0 Å². The smallest absolute Gasteiger partial charge is 0.176 e. The average Bonchev–Trinajstić information content (AvgIpc) is 2.94. The van der Waals surface area contributed by atoms with E-state index in [1.54, 1.807) is 6.92 Å². The largest absolute Gasteiger partial charge is 0.344 e. The van der Waals surface area contributed by atoms with Gasteiger partial charge in [-0.05, 0) is 30.2 Å². The first-order chi connectivity index (χ1) is 8.74. The Morgan fingerprint density at radius 2 is 2.17 bits per heavy atom. The molecule has 18 heavy (non-hydrogen) atoms. The molecule has 92 valence electrons. The monoisotopic (exact) mass is 257 g/mol. The summed E-state index contributed by atoms with van der Waals surface area (Å²) >= 11 is 1.92. The number of nitrogens with zero attached hydrogens (tertiary/aromatic N) is 1. The maximum Gasteiger partial charge on any atom is 0.176 e. The van der Waals surface area contributed by atoms with Gasteiger partial charge in [-0.2, -0.15) is 0 Å². The molecule has 0 aliphatic carbocycles. The first-order valence-electron chi connectivity index (χ1n) is 6.14. The van der Waals surface area contributed by atoms with E-state index in [-0.39, 0.29) is 5.78 Å². The third kappa shape index (κ3) is 2.10. The number of carbonyl (C=O) groups is 1. The molecule has 0 bridgehead atoms. The van der Waals surface area contributed by atoms with Gasteiger partial charge in [0.1, 0.15) is 0 Å². The summed E-state index contributed by atoms with van der Waals surface area (Å²) in [4.78, 5) is 12.9. The third-order valence-electron chi connectivity index (χ3n) is 3.30. The Balaban J connectivity index is 1.76. The highest BCUT2D eigenvalue weighted by Crippen LogP contribution is 2.37. The van der Waals surface area contributed by atoms with Gasteiger partial charge in [0.2, 0.25) is 0 Å². The van der Waals surface area contributed by atoms with E-state index in [1.165, 1.54) is 10.5 Å². The molecule has 0 N–H and O–H groups in total. The molecule has 3 rings (SSSR count). The highest BCUT2D eigenvalue weighted by molar-refractivity contribution is 8.00. The van der Waals surface area contributed by atoms with E-state index in [4.69, 9.17) is 0 Å². The molecular weight excluding hydrogens is 242 g/mol. The molecule has 0 amide bonds. The molecule has 0 fully saturated rings. The number of carbonyl (C=O) groups excluding carboxylic acids is 1. The molecule has 3 heteroatoms. The number of rotatable bonds is 3. The lowest BCUT2D eigenvalue weighted by Gasteiger charge is -2.12. The normalized spacial score (nSPS) is 17.7. The van der Waals surface area contributed by atoms with Gasteiger partial charge in [0.05, 0.1) is 5.69 Å². The van der Waals surface area contributed by atoms with Crippen LogP contribution in [-0.4, -0.2) is 15.6 Å². The molecular formula is C15H15NOS. The van der Waals surface area contributed by atoms with Crippen molar-refractivity contribution in [3.63, 3.8) is 0 Å². The predicted molar refractivity (Wildman–Crippen MR) is 74.2 cm³/mol. The minimum Gasteiger partial charge on any atom is -0.344 e. The van der Waals surface area contributed by atoms with Crippen LogP contribution in [0.4, 0.5) is 0 Å². The number of ketones is 1. The molecule has 0 radical (unpaired) electrons. The lowest BCUT2D eigenvalue weighted by Crippen LogP contribution is -2.15. The maximum atomic E-state index is 11.5. The number of Topliss-reactive ketones (excluding diaryl/α,β-unsaturated/α-hetero) is 1. The molecule has 2 nitrogen and oxygen atoms in total. The van der Waals surface area contributed by atoms with Gasteiger partial charge >= 0.3 is 0 Å². The molecule has 2 aromatic rings. The first-order valence-corrected chi connectivity index (χ1v) is 7.02. The Morgan fingerprint density at radius 1 is 1.33 bits per heavy atom. The number of thioether (sulfide) groups is 1. The van der Waals surface area contributed by atoms with E-state index in [0.29, 0.717) is 5.25 Å². The molecule has 0 saturated carbocycles. The van der Waals surface area contributed by atoms with Crippen molar-refractivity contribution in [2.24, 2.45) is 0 Å². The van der Waals surface area contributed by atoms with Gasteiger partial charge in [0.25, 0.3) is 0 Å². The van der Waals surface area contributed by atoms with Crippen LogP contribution in [0.1, 0.15) is 23.0 Å². The highest BCUT2D eigenvalue weighted by Gasteiger charge is 2.22. The van der Waals surface area contributed by atoms with Gasteiger partial charge in [-0.3, -0.25) is 4.79 Å². The van der Waals surface area contributed by atoms with Crippen molar-refractivity contribution in [3.05, 3.63) is 53.9 Å². The summed E-state index contributed by atoms with van der Waals surface area (Å²) in [5.74, 6) is 0.139. The summed E-state index contributed by atoms with van der Waals surface area (Å²) in [6.45, 7) is 2.53. The fourth-order valence-electron chi connectivity index (χ4n) is 2.47. The fraction of sp³-hybridized carbons (Fsp3) is 0.267. The number of aromatic nitrogens is 1. The van der Waals surface area contributed by atoms with E-state index in [1.807, 2.05) is 30.1 Å². The van der Waals surface area contributed by atoms with Gasteiger partial charge in [-0.15, -0.1) is 11.8 Å². The van der Waals surface area contributed by atoms with Crippen LogP contribution in [0, 0.1) is 0 Å². The Morgan fingerprint density at radius 3 is 2.94 bits per heavy atom. The molecule has 1 aliphatic heterocycles. The molecule has 1 unspecified atom stereocenters. The second kappa shape index (κ2) is 4.65. The van der Waals surface area contributed by atoms with Crippen LogP contribution in [0.25, 0.3) is 0 Å². The Kier molecular flexibility index (Phi) is 3.00. The van der Waals surface area contributed by atoms with Gasteiger partial charge in [-0.1, -0.05) is 18.2 Å². The number of hydrogen-bond donors (Lipinski definition) is 0. The number of benzene rings is 1. The van der Waals surface area contributed by atoms with E-state index < -0.39 is 0 Å². The highest BCUT2D eigenvalue weighted by atomic mass is 32.2. The van der Waals surface area contributed by atoms with Crippen molar-refractivity contribution in [2.75, 3.05) is 0 Å². The van der Waals surface area contributed by atoms with Crippen molar-refractivity contribution >= 4 is 17.5 Å². The second-order valence-electron chi connectivity index (χ2n) is 4.65. The van der Waals surface area contributed by atoms with Crippen LogP contribution in [0.15, 0.2) is 47.5 Å². The third-order valence-corrected chi connectivity index (χ3v) is 4.61. The van der Waals surface area contributed by atoms with Gasteiger partial charge < -0.3 is 4.57 Å². The summed E-state index contributed by atoms with van der Waals surface area (Å²) < 4.78 is 2.08. The molecule has 1 aliphatic rings. The Labute approximate surface area is 111 Å². The lowest BCUT2D eigenvalue weighted by atomic mass is 10.1. The Hall–Kier alpha value is -1.48. The molecule has 0 spiro atoms. The molecule has 1 atom stereocenters. The molecule has 1 aromatic carbocycles. The van der Waals surface area contributed by atoms with Gasteiger partial charge in [-0.25, -0.2) is 0 Å². The predicted octanol–water partition coefficient (Wildman–Crippen LogP) is 3.41. The van der Waals surface area contributed by atoms with E-state index >= 15 is 0 Å². The van der Waals surface area contributed by atoms with E-state index in [2.05, 4.69) is 28.8 Å². The zero-order valence-electron chi connectivity index (χ0n) is 10.3. The van der Waals surface area contributed by atoms with Crippen LogP contribution >= 0.6 is 11.8 Å². The minimum absolute atomic E-state index is 0.139. The maximum absolute atomic E-state index is 11.5. The van der Waals surface area contributed by atoms with Gasteiger partial charge in [0.15, 0.2) is 5.78 Å². The van der Waals surface area contributed by atoms with Crippen molar-refractivity contribution in [3.8, 4) is 0 Å². The minimum atomic E-state index is 0.139. The zero-order valence-corrected chi connectivity index (χ0v) is 11.1.